The van der Waals surface area contributed by atoms with Crippen LogP contribution in [0.2, 0.25) is 0 Å². The van der Waals surface area contributed by atoms with E-state index in [-0.39, 0.29) is 11.1 Å². The van der Waals surface area contributed by atoms with Gasteiger partial charge in [-0.05, 0) is 6.42 Å². The molecule has 252 valence electrons. The maximum absolute atomic E-state index is 11.2. The lowest BCUT2D eigenvalue weighted by Crippen LogP contribution is -2.33. The van der Waals surface area contributed by atoms with Gasteiger partial charge in [0.25, 0.3) is 5.91 Å². The number of nitrogens with zero attached hydrogens (tertiary/aromatic N) is 1. The first-order valence-electron chi connectivity index (χ1n) is 19.4. The van der Waals surface area contributed by atoms with Gasteiger partial charge < -0.3 is 0 Å². The summed E-state index contributed by atoms with van der Waals surface area (Å²) in [6.45, 7) is 2.30. The Balaban J connectivity index is 3.06. The maximum atomic E-state index is 11.2. The summed E-state index contributed by atoms with van der Waals surface area (Å²) in [6.07, 6.45) is 49.6. The highest BCUT2D eigenvalue weighted by atomic mass is 16.5. The van der Waals surface area contributed by atoms with Gasteiger partial charge in [-0.1, -0.05) is 225 Å². The molecule has 3 N–H and O–H groups in total. The smallest absolute Gasteiger partial charge is 0.260 e. The van der Waals surface area contributed by atoms with Crippen LogP contribution in [0.4, 0.5) is 0 Å². The Labute approximate surface area is 264 Å². The van der Waals surface area contributed by atoms with Gasteiger partial charge in [-0.3, -0.25) is 10.0 Å². The van der Waals surface area contributed by atoms with Crippen LogP contribution in [-0.2, 0) is 4.79 Å². The first kappa shape index (κ1) is 41.4. The molecule has 0 unspecified atom stereocenters. The molecule has 0 radical (unpaired) electrons. The van der Waals surface area contributed by atoms with Crippen LogP contribution in [0, 0.1) is 0 Å². The molecule has 0 fully saturated rings. The van der Waals surface area contributed by atoms with Gasteiger partial charge in [0.05, 0.1) is 0 Å². The van der Waals surface area contributed by atoms with Gasteiger partial charge in [-0.25, -0.2) is 5.84 Å². The number of rotatable bonds is 36. The van der Waals surface area contributed by atoms with Crippen LogP contribution < -0.4 is 5.84 Å². The zero-order valence-electron chi connectivity index (χ0n) is 28.8. The van der Waals surface area contributed by atoms with Gasteiger partial charge in [0.15, 0.2) is 0 Å². The number of carbonyl (C=O) groups is 1. The second-order valence-corrected chi connectivity index (χ2v) is 13.5. The summed E-state index contributed by atoms with van der Waals surface area (Å²) in [5.41, 5.74) is 0. The summed E-state index contributed by atoms with van der Waals surface area (Å²) in [6, 6.07) is 0. The van der Waals surface area contributed by atoms with Crippen LogP contribution in [0.3, 0.4) is 0 Å². The molecule has 0 aliphatic carbocycles. The van der Waals surface area contributed by atoms with Crippen molar-refractivity contribution in [3.05, 3.63) is 0 Å². The number of hydrazine groups is 1. The van der Waals surface area contributed by atoms with E-state index < -0.39 is 0 Å². The van der Waals surface area contributed by atoms with E-state index in [2.05, 4.69) is 6.92 Å². The van der Waals surface area contributed by atoms with Crippen molar-refractivity contribution < 1.29 is 10.0 Å². The Morgan fingerprint density at radius 1 is 0.381 bits per heavy atom. The van der Waals surface area contributed by atoms with Crippen LogP contribution in [0.5, 0.6) is 0 Å². The van der Waals surface area contributed by atoms with E-state index in [1.54, 1.807) is 0 Å². The highest BCUT2D eigenvalue weighted by Gasteiger charge is 2.05. The largest absolute Gasteiger partial charge is 0.271 e. The second-order valence-electron chi connectivity index (χ2n) is 13.5. The summed E-state index contributed by atoms with van der Waals surface area (Å²) < 4.78 is 0. The average Bonchev–Trinajstić information content (AvgIpc) is 2.99. The third-order valence-electron chi connectivity index (χ3n) is 9.25. The molecule has 0 aliphatic heterocycles. The molecule has 4 nitrogen and oxygen atoms in total. The molecule has 1 amide bonds. The highest BCUT2D eigenvalue weighted by molar-refractivity contribution is 5.74. The zero-order chi connectivity index (χ0) is 30.6. The summed E-state index contributed by atoms with van der Waals surface area (Å²) in [7, 11) is 0. The predicted octanol–water partition coefficient (Wildman–Crippen LogP) is 13.1. The Morgan fingerprint density at radius 3 is 0.714 bits per heavy atom. The van der Waals surface area contributed by atoms with Crippen molar-refractivity contribution in [2.45, 2.75) is 238 Å². The SMILES string of the molecule is CCCCCCCCCCCCCCCCCCCCCCCCCCCCCCCCCCCCCC(=O)N(N)O. The van der Waals surface area contributed by atoms with Crippen LogP contribution in [0.1, 0.15) is 238 Å². The fourth-order valence-electron chi connectivity index (χ4n) is 6.30. The number of amides is 1. The summed E-state index contributed by atoms with van der Waals surface area (Å²) in [5.74, 6) is 4.61. The van der Waals surface area contributed by atoms with Crippen molar-refractivity contribution in [2.75, 3.05) is 0 Å². The Hall–Kier alpha value is -0.610. The van der Waals surface area contributed by atoms with E-state index in [4.69, 9.17) is 11.0 Å². The molecule has 42 heavy (non-hydrogen) atoms. The van der Waals surface area contributed by atoms with E-state index in [1.165, 1.54) is 212 Å². The van der Waals surface area contributed by atoms with E-state index >= 15 is 0 Å². The number of unbranched alkanes of at least 4 members (excludes halogenated alkanes) is 34. The van der Waals surface area contributed by atoms with Crippen molar-refractivity contribution in [1.82, 2.24) is 5.17 Å². The minimum absolute atomic E-state index is 0.212. The molecule has 0 aromatic rings. The van der Waals surface area contributed by atoms with Crippen LogP contribution in [-0.4, -0.2) is 16.3 Å². The Kier molecular flexibility index (Phi) is 36.0. The fourth-order valence-corrected chi connectivity index (χ4v) is 6.30. The first-order valence-corrected chi connectivity index (χ1v) is 19.4. The second kappa shape index (κ2) is 36.6. The quantitative estimate of drug-likeness (QED) is 0.0249. The van der Waals surface area contributed by atoms with Crippen LogP contribution in [0.15, 0.2) is 0 Å². The predicted molar refractivity (Wildman–Crippen MR) is 185 cm³/mol. The summed E-state index contributed by atoms with van der Waals surface area (Å²) in [4.78, 5) is 11.2. The molecule has 0 saturated heterocycles. The maximum Gasteiger partial charge on any atom is 0.260 e. The number of nitrogens with two attached hydrogens (primary N) is 1. The van der Waals surface area contributed by atoms with Gasteiger partial charge in [0, 0.05) is 6.42 Å². The van der Waals surface area contributed by atoms with E-state index in [0.29, 0.717) is 6.42 Å². The molecule has 0 aliphatic rings. The summed E-state index contributed by atoms with van der Waals surface area (Å²) in [5, 5.41) is 9.02. The van der Waals surface area contributed by atoms with Crippen molar-refractivity contribution in [3.63, 3.8) is 0 Å². The number of hydroxylamine groups is 1. The lowest BCUT2D eigenvalue weighted by atomic mass is 10.0. The van der Waals surface area contributed by atoms with Crippen molar-refractivity contribution in [2.24, 2.45) is 5.84 Å². The number of hydrogen-bond donors (Lipinski definition) is 2. The van der Waals surface area contributed by atoms with Gasteiger partial charge in [-0.2, -0.15) is 5.17 Å². The van der Waals surface area contributed by atoms with Crippen molar-refractivity contribution >= 4 is 5.91 Å². The van der Waals surface area contributed by atoms with Gasteiger partial charge >= 0.3 is 0 Å². The number of carbonyl (C=O) groups excluding carboxylic acids is 1. The molecular formula is C38H78N2O2. The highest BCUT2D eigenvalue weighted by Crippen LogP contribution is 2.17. The monoisotopic (exact) mass is 595 g/mol. The lowest BCUT2D eigenvalue weighted by molar-refractivity contribution is -0.166. The first-order chi connectivity index (χ1) is 20.7. The minimum Gasteiger partial charge on any atom is -0.271 e. The molecule has 0 heterocycles. The molecule has 0 atom stereocenters. The molecule has 0 rings (SSSR count). The molecule has 0 spiro atoms. The fraction of sp³-hybridized carbons (Fsp3) is 0.974. The van der Waals surface area contributed by atoms with Crippen molar-refractivity contribution in [3.8, 4) is 0 Å². The molecule has 0 bridgehead atoms. The Morgan fingerprint density at radius 2 is 0.548 bits per heavy atom. The van der Waals surface area contributed by atoms with E-state index in [1.807, 2.05) is 0 Å². The molecule has 0 aromatic carbocycles. The normalized spacial score (nSPS) is 11.4. The topological polar surface area (TPSA) is 66.6 Å². The molecular weight excluding hydrogens is 516 g/mol. The van der Waals surface area contributed by atoms with Crippen LogP contribution in [0.25, 0.3) is 0 Å². The molecule has 0 saturated carbocycles. The standard InChI is InChI=1S/C38H78N2O2/c1-2-3-4-5-6-7-8-9-10-11-12-13-14-15-16-17-18-19-20-21-22-23-24-25-26-27-28-29-30-31-32-33-34-35-36-37-38(41)40(39)42/h42H,2-37,39H2,1H3. The average molecular weight is 595 g/mol. The Bertz CT molecular complexity index is 511. The minimum atomic E-state index is -0.388. The number of hydrogen-bond acceptors (Lipinski definition) is 3. The van der Waals surface area contributed by atoms with E-state index in [0.717, 1.165) is 12.8 Å². The van der Waals surface area contributed by atoms with Gasteiger partial charge in [0.1, 0.15) is 0 Å². The summed E-state index contributed by atoms with van der Waals surface area (Å²) >= 11 is 0. The van der Waals surface area contributed by atoms with E-state index in [9.17, 15) is 4.79 Å². The zero-order valence-corrected chi connectivity index (χ0v) is 28.8. The molecule has 4 heteroatoms. The van der Waals surface area contributed by atoms with Gasteiger partial charge in [0.2, 0.25) is 0 Å². The third kappa shape index (κ3) is 35.6. The van der Waals surface area contributed by atoms with Gasteiger partial charge in [-0.15, -0.1) is 0 Å². The van der Waals surface area contributed by atoms with Crippen LogP contribution >= 0.6 is 0 Å². The third-order valence-corrected chi connectivity index (χ3v) is 9.25. The molecule has 0 aromatic heterocycles. The lowest BCUT2D eigenvalue weighted by Gasteiger charge is -2.07. The van der Waals surface area contributed by atoms with Crippen molar-refractivity contribution in [1.29, 1.82) is 0 Å².